The van der Waals surface area contributed by atoms with Crippen LogP contribution in [0, 0.1) is 0 Å². The summed E-state index contributed by atoms with van der Waals surface area (Å²) < 4.78 is 0. The number of aromatic nitrogens is 3. The van der Waals surface area contributed by atoms with Gasteiger partial charge in [0.25, 0.3) is 0 Å². The molecule has 0 spiro atoms. The smallest absolute Gasteiger partial charge is 0.230 e. The number of unbranched alkanes of at least 4 members (excludes halogenated alkanes) is 1. The molecule has 0 aliphatic rings. The number of anilines is 2. The fourth-order valence-electron chi connectivity index (χ4n) is 1.03. The first-order valence-electron chi connectivity index (χ1n) is 5.41. The summed E-state index contributed by atoms with van der Waals surface area (Å²) in [6, 6.07) is 0. The first-order valence-corrected chi connectivity index (χ1v) is 6.40. The van der Waals surface area contributed by atoms with Gasteiger partial charge in [-0.15, -0.1) is 0 Å². The highest BCUT2D eigenvalue weighted by molar-refractivity contribution is 7.99. The molecule has 6 heteroatoms. The third-order valence-corrected chi connectivity index (χ3v) is 2.89. The molecule has 0 saturated carbocycles. The highest BCUT2D eigenvalue weighted by Crippen LogP contribution is 2.18. The largest absolute Gasteiger partial charge is 0.357 e. The van der Waals surface area contributed by atoms with E-state index in [0.29, 0.717) is 11.9 Å². The zero-order chi connectivity index (χ0) is 12.0. The Hall–Kier alpha value is -1.04. The summed E-state index contributed by atoms with van der Waals surface area (Å²) in [4.78, 5) is 14.8. The van der Waals surface area contributed by atoms with E-state index in [1.165, 1.54) is 12.8 Å². The van der Waals surface area contributed by atoms with Gasteiger partial charge < -0.3 is 10.2 Å². The Morgan fingerprint density at radius 1 is 1.25 bits per heavy atom. The summed E-state index contributed by atoms with van der Waals surface area (Å²) in [6.07, 6.45) is 2.38. The molecule has 0 bridgehead atoms. The first-order chi connectivity index (χ1) is 7.67. The standard InChI is InChI=1S/C10H19N5S/c1-5-6-7-16-10-13-8(11-2)12-9(14-10)15(3)4/h5-7H2,1-4H3,(H,11,12,13,14). The fourth-order valence-corrected chi connectivity index (χ4v) is 1.94. The maximum atomic E-state index is 4.38. The van der Waals surface area contributed by atoms with Crippen LogP contribution in [0.3, 0.4) is 0 Å². The van der Waals surface area contributed by atoms with Crippen LogP contribution in [0.2, 0.25) is 0 Å². The van der Waals surface area contributed by atoms with E-state index in [-0.39, 0.29) is 0 Å². The number of rotatable bonds is 6. The van der Waals surface area contributed by atoms with Crippen molar-refractivity contribution in [3.05, 3.63) is 0 Å². The molecule has 0 atom stereocenters. The van der Waals surface area contributed by atoms with Gasteiger partial charge in [0.1, 0.15) is 0 Å². The third kappa shape index (κ3) is 3.84. The Kier molecular flexibility index (Phi) is 5.31. The number of nitrogens with one attached hydrogen (secondary N) is 1. The maximum absolute atomic E-state index is 4.38. The van der Waals surface area contributed by atoms with Crippen LogP contribution in [-0.2, 0) is 0 Å². The highest BCUT2D eigenvalue weighted by atomic mass is 32.2. The normalized spacial score (nSPS) is 10.2. The molecule has 0 radical (unpaired) electrons. The molecule has 0 fully saturated rings. The molecule has 0 aromatic carbocycles. The summed E-state index contributed by atoms with van der Waals surface area (Å²) in [7, 11) is 5.67. The zero-order valence-corrected chi connectivity index (χ0v) is 11.1. The maximum Gasteiger partial charge on any atom is 0.230 e. The van der Waals surface area contributed by atoms with Gasteiger partial charge in [0, 0.05) is 26.9 Å². The molecule has 1 aromatic rings. The SMILES string of the molecule is CCCCSc1nc(NC)nc(N(C)C)n1. The molecular weight excluding hydrogens is 222 g/mol. The van der Waals surface area contributed by atoms with Gasteiger partial charge in [-0.3, -0.25) is 0 Å². The van der Waals surface area contributed by atoms with Crippen molar-refractivity contribution in [1.82, 2.24) is 15.0 Å². The number of hydrogen-bond acceptors (Lipinski definition) is 6. The topological polar surface area (TPSA) is 53.9 Å². The lowest BCUT2D eigenvalue weighted by Gasteiger charge is -2.12. The van der Waals surface area contributed by atoms with Gasteiger partial charge in [-0.05, 0) is 6.42 Å². The van der Waals surface area contributed by atoms with Crippen LogP contribution >= 0.6 is 11.8 Å². The molecule has 0 aliphatic carbocycles. The Bertz CT molecular complexity index is 329. The number of thioether (sulfide) groups is 1. The van der Waals surface area contributed by atoms with E-state index < -0.39 is 0 Å². The molecule has 0 unspecified atom stereocenters. The summed E-state index contributed by atoms with van der Waals surface area (Å²) in [6.45, 7) is 2.18. The lowest BCUT2D eigenvalue weighted by Crippen LogP contribution is -2.15. The van der Waals surface area contributed by atoms with Crippen molar-refractivity contribution in [1.29, 1.82) is 0 Å². The molecule has 1 N–H and O–H groups in total. The quantitative estimate of drug-likeness (QED) is 0.606. The van der Waals surface area contributed by atoms with Crippen molar-refractivity contribution in [2.45, 2.75) is 24.9 Å². The molecule has 1 heterocycles. The number of hydrogen-bond donors (Lipinski definition) is 1. The van der Waals surface area contributed by atoms with Gasteiger partial charge in [-0.25, -0.2) is 0 Å². The summed E-state index contributed by atoms with van der Waals surface area (Å²) in [5.41, 5.74) is 0. The van der Waals surface area contributed by atoms with Crippen molar-refractivity contribution in [3.8, 4) is 0 Å². The minimum atomic E-state index is 0.623. The van der Waals surface area contributed by atoms with Crippen LogP contribution in [0.25, 0.3) is 0 Å². The van der Waals surface area contributed by atoms with Gasteiger partial charge in [-0.2, -0.15) is 15.0 Å². The summed E-state index contributed by atoms with van der Waals surface area (Å²) >= 11 is 1.68. The van der Waals surface area contributed by atoms with Crippen molar-refractivity contribution in [2.75, 3.05) is 37.1 Å². The van der Waals surface area contributed by atoms with Gasteiger partial charge in [0.15, 0.2) is 5.16 Å². The fraction of sp³-hybridized carbons (Fsp3) is 0.700. The van der Waals surface area contributed by atoms with E-state index in [4.69, 9.17) is 0 Å². The highest BCUT2D eigenvalue weighted by Gasteiger charge is 2.07. The summed E-state index contributed by atoms with van der Waals surface area (Å²) in [5.74, 6) is 2.37. The Morgan fingerprint density at radius 3 is 2.56 bits per heavy atom. The van der Waals surface area contributed by atoms with E-state index in [9.17, 15) is 0 Å². The summed E-state index contributed by atoms with van der Waals surface area (Å²) in [5, 5.41) is 3.74. The Morgan fingerprint density at radius 2 is 2.00 bits per heavy atom. The molecule has 0 saturated heterocycles. The second kappa shape index (κ2) is 6.52. The zero-order valence-electron chi connectivity index (χ0n) is 10.3. The van der Waals surface area contributed by atoms with Gasteiger partial charge >= 0.3 is 0 Å². The van der Waals surface area contributed by atoms with Crippen molar-refractivity contribution in [3.63, 3.8) is 0 Å². The van der Waals surface area contributed by atoms with Crippen LogP contribution in [-0.4, -0.2) is 41.8 Å². The minimum absolute atomic E-state index is 0.623. The van der Waals surface area contributed by atoms with E-state index in [0.717, 1.165) is 10.9 Å². The van der Waals surface area contributed by atoms with Gasteiger partial charge in [-0.1, -0.05) is 25.1 Å². The lowest BCUT2D eigenvalue weighted by atomic mass is 10.4. The van der Waals surface area contributed by atoms with E-state index >= 15 is 0 Å². The van der Waals surface area contributed by atoms with Gasteiger partial charge in [0.2, 0.25) is 11.9 Å². The molecule has 0 aliphatic heterocycles. The molecule has 90 valence electrons. The van der Waals surface area contributed by atoms with Crippen LogP contribution < -0.4 is 10.2 Å². The molecule has 1 rings (SSSR count). The van der Waals surface area contributed by atoms with Crippen LogP contribution in [0.1, 0.15) is 19.8 Å². The van der Waals surface area contributed by atoms with Crippen molar-refractivity contribution >= 4 is 23.7 Å². The van der Waals surface area contributed by atoms with Gasteiger partial charge in [0.05, 0.1) is 0 Å². The average Bonchev–Trinajstić information content (AvgIpc) is 2.29. The van der Waals surface area contributed by atoms with Crippen LogP contribution in [0.15, 0.2) is 5.16 Å². The van der Waals surface area contributed by atoms with Crippen LogP contribution in [0.4, 0.5) is 11.9 Å². The molecular formula is C10H19N5S. The molecule has 5 nitrogen and oxygen atoms in total. The Balaban J connectivity index is 2.78. The van der Waals surface area contributed by atoms with E-state index in [1.54, 1.807) is 11.8 Å². The minimum Gasteiger partial charge on any atom is -0.357 e. The van der Waals surface area contributed by atoms with E-state index in [1.807, 2.05) is 26.0 Å². The third-order valence-electron chi connectivity index (χ3n) is 1.96. The first kappa shape index (κ1) is 13.0. The predicted molar refractivity (Wildman–Crippen MR) is 69.3 cm³/mol. The molecule has 16 heavy (non-hydrogen) atoms. The average molecular weight is 241 g/mol. The molecule has 1 aromatic heterocycles. The Labute approximate surface area is 101 Å². The van der Waals surface area contributed by atoms with E-state index in [2.05, 4.69) is 27.2 Å². The predicted octanol–water partition coefficient (Wildman–Crippen LogP) is 1.87. The number of nitrogens with zero attached hydrogens (tertiary/aromatic N) is 4. The second-order valence-corrected chi connectivity index (χ2v) is 4.65. The van der Waals surface area contributed by atoms with Crippen molar-refractivity contribution in [2.24, 2.45) is 0 Å². The van der Waals surface area contributed by atoms with Crippen LogP contribution in [0.5, 0.6) is 0 Å². The lowest BCUT2D eigenvalue weighted by molar-refractivity contribution is 0.859. The molecule has 0 amide bonds. The van der Waals surface area contributed by atoms with Crippen molar-refractivity contribution < 1.29 is 0 Å². The second-order valence-electron chi connectivity index (χ2n) is 3.59. The monoisotopic (exact) mass is 241 g/mol.